The SMILES string of the molecule is CCCC(CCCl)CNC(=O)CCCc1ccccc1. The molecule has 1 rings (SSSR count). The van der Waals surface area contributed by atoms with Crippen molar-refractivity contribution in [1.29, 1.82) is 0 Å². The van der Waals surface area contributed by atoms with E-state index in [4.69, 9.17) is 11.6 Å². The normalized spacial score (nSPS) is 12.1. The van der Waals surface area contributed by atoms with Crippen molar-refractivity contribution < 1.29 is 4.79 Å². The molecule has 0 radical (unpaired) electrons. The minimum atomic E-state index is 0.164. The number of benzene rings is 1. The molecule has 0 heterocycles. The molecule has 1 aromatic carbocycles. The maximum absolute atomic E-state index is 11.8. The topological polar surface area (TPSA) is 29.1 Å². The summed E-state index contributed by atoms with van der Waals surface area (Å²) in [6, 6.07) is 10.3. The molecular formula is C17H26ClNO. The van der Waals surface area contributed by atoms with Crippen LogP contribution in [0.3, 0.4) is 0 Å². The second-order valence-corrected chi connectivity index (χ2v) is 5.65. The zero-order valence-corrected chi connectivity index (χ0v) is 13.2. The zero-order chi connectivity index (χ0) is 14.6. The maximum atomic E-state index is 11.8. The van der Waals surface area contributed by atoms with Crippen molar-refractivity contribution >= 4 is 17.5 Å². The molecule has 0 fully saturated rings. The Morgan fingerprint density at radius 1 is 1.25 bits per heavy atom. The Balaban J connectivity index is 2.16. The summed E-state index contributed by atoms with van der Waals surface area (Å²) >= 11 is 5.79. The van der Waals surface area contributed by atoms with E-state index in [2.05, 4.69) is 24.4 Å². The lowest BCUT2D eigenvalue weighted by molar-refractivity contribution is -0.121. The standard InChI is InChI=1S/C17H26ClNO/c1-2-7-16(12-13-18)14-19-17(20)11-6-10-15-8-4-3-5-9-15/h3-5,8-9,16H,2,6-7,10-14H2,1H3,(H,19,20). The molecular weight excluding hydrogens is 270 g/mol. The molecule has 0 aliphatic heterocycles. The Hall–Kier alpha value is -1.02. The predicted molar refractivity (Wildman–Crippen MR) is 86.1 cm³/mol. The number of rotatable bonds is 10. The van der Waals surface area contributed by atoms with Crippen molar-refractivity contribution in [2.75, 3.05) is 12.4 Å². The fourth-order valence-electron chi connectivity index (χ4n) is 2.36. The van der Waals surface area contributed by atoms with Gasteiger partial charge in [-0.05, 0) is 37.2 Å². The van der Waals surface area contributed by atoms with E-state index in [0.717, 1.165) is 38.6 Å². The molecule has 0 aliphatic carbocycles. The lowest BCUT2D eigenvalue weighted by Gasteiger charge is -2.15. The molecule has 1 amide bonds. The molecule has 0 spiro atoms. The highest BCUT2D eigenvalue weighted by Crippen LogP contribution is 2.11. The maximum Gasteiger partial charge on any atom is 0.220 e. The number of hydrogen-bond donors (Lipinski definition) is 1. The molecule has 0 aromatic heterocycles. The minimum Gasteiger partial charge on any atom is -0.356 e. The van der Waals surface area contributed by atoms with E-state index in [9.17, 15) is 4.79 Å². The first kappa shape index (κ1) is 17.0. The summed E-state index contributed by atoms with van der Waals surface area (Å²) in [7, 11) is 0. The van der Waals surface area contributed by atoms with E-state index in [0.29, 0.717) is 18.2 Å². The van der Waals surface area contributed by atoms with Crippen LogP contribution in [0.15, 0.2) is 30.3 Å². The number of carbonyl (C=O) groups is 1. The fraction of sp³-hybridized carbons (Fsp3) is 0.588. The summed E-state index contributed by atoms with van der Waals surface area (Å²) in [6.07, 6.45) is 5.74. The first-order chi connectivity index (χ1) is 9.76. The largest absolute Gasteiger partial charge is 0.356 e. The van der Waals surface area contributed by atoms with Crippen LogP contribution in [0.1, 0.15) is 44.6 Å². The van der Waals surface area contributed by atoms with E-state index >= 15 is 0 Å². The van der Waals surface area contributed by atoms with E-state index in [1.165, 1.54) is 5.56 Å². The van der Waals surface area contributed by atoms with E-state index in [1.807, 2.05) is 18.2 Å². The Labute approximate surface area is 127 Å². The van der Waals surface area contributed by atoms with Gasteiger partial charge in [-0.2, -0.15) is 0 Å². The van der Waals surface area contributed by atoms with Gasteiger partial charge in [0, 0.05) is 18.8 Å². The molecule has 1 unspecified atom stereocenters. The van der Waals surface area contributed by atoms with Gasteiger partial charge in [0.25, 0.3) is 0 Å². The Bertz CT molecular complexity index is 361. The number of aryl methyl sites for hydroxylation is 1. The summed E-state index contributed by atoms with van der Waals surface area (Å²) in [5, 5.41) is 3.04. The van der Waals surface area contributed by atoms with Gasteiger partial charge in [0.1, 0.15) is 0 Å². The average molecular weight is 296 g/mol. The van der Waals surface area contributed by atoms with Crippen molar-refractivity contribution in [2.45, 2.75) is 45.4 Å². The second-order valence-electron chi connectivity index (χ2n) is 5.28. The van der Waals surface area contributed by atoms with Gasteiger partial charge in [0.15, 0.2) is 0 Å². The van der Waals surface area contributed by atoms with Crippen LogP contribution in [0.2, 0.25) is 0 Å². The van der Waals surface area contributed by atoms with Gasteiger partial charge in [0.05, 0.1) is 0 Å². The van der Waals surface area contributed by atoms with Crippen LogP contribution in [-0.2, 0) is 11.2 Å². The molecule has 0 saturated carbocycles. The third-order valence-corrected chi connectivity index (χ3v) is 3.73. The number of carbonyl (C=O) groups excluding carboxylic acids is 1. The average Bonchev–Trinajstić information content (AvgIpc) is 2.46. The number of nitrogens with one attached hydrogen (secondary N) is 1. The lowest BCUT2D eigenvalue weighted by Crippen LogP contribution is -2.29. The molecule has 1 atom stereocenters. The van der Waals surface area contributed by atoms with Crippen molar-refractivity contribution in [3.05, 3.63) is 35.9 Å². The zero-order valence-electron chi connectivity index (χ0n) is 12.4. The van der Waals surface area contributed by atoms with Gasteiger partial charge in [0.2, 0.25) is 5.91 Å². The van der Waals surface area contributed by atoms with Gasteiger partial charge < -0.3 is 5.32 Å². The third-order valence-electron chi connectivity index (χ3n) is 3.51. The predicted octanol–water partition coefficient (Wildman–Crippen LogP) is 4.17. The Morgan fingerprint density at radius 2 is 2.00 bits per heavy atom. The van der Waals surface area contributed by atoms with Crippen molar-refractivity contribution in [3.63, 3.8) is 0 Å². The molecule has 0 aliphatic rings. The highest BCUT2D eigenvalue weighted by Gasteiger charge is 2.09. The third kappa shape index (κ3) is 7.54. The van der Waals surface area contributed by atoms with Crippen LogP contribution in [0, 0.1) is 5.92 Å². The molecule has 1 N–H and O–H groups in total. The number of alkyl halides is 1. The number of amides is 1. The van der Waals surface area contributed by atoms with Gasteiger partial charge in [-0.25, -0.2) is 0 Å². The summed E-state index contributed by atoms with van der Waals surface area (Å²) in [5.74, 6) is 1.36. The van der Waals surface area contributed by atoms with Gasteiger partial charge in [-0.3, -0.25) is 4.79 Å². The quantitative estimate of drug-likeness (QED) is 0.645. The fourth-order valence-corrected chi connectivity index (χ4v) is 2.66. The van der Waals surface area contributed by atoms with Gasteiger partial charge in [-0.15, -0.1) is 11.6 Å². The molecule has 20 heavy (non-hydrogen) atoms. The van der Waals surface area contributed by atoms with Crippen LogP contribution in [0.5, 0.6) is 0 Å². The highest BCUT2D eigenvalue weighted by atomic mass is 35.5. The first-order valence-corrected chi connectivity index (χ1v) is 8.16. The molecule has 1 aromatic rings. The molecule has 2 nitrogen and oxygen atoms in total. The molecule has 3 heteroatoms. The van der Waals surface area contributed by atoms with Gasteiger partial charge in [-0.1, -0.05) is 43.7 Å². The van der Waals surface area contributed by atoms with Crippen LogP contribution in [0.25, 0.3) is 0 Å². The summed E-state index contributed by atoms with van der Waals surface area (Å²) in [4.78, 5) is 11.8. The van der Waals surface area contributed by atoms with E-state index < -0.39 is 0 Å². The number of hydrogen-bond acceptors (Lipinski definition) is 1. The minimum absolute atomic E-state index is 0.164. The Morgan fingerprint density at radius 3 is 2.65 bits per heavy atom. The monoisotopic (exact) mass is 295 g/mol. The first-order valence-electron chi connectivity index (χ1n) is 7.62. The molecule has 112 valence electrons. The van der Waals surface area contributed by atoms with Crippen molar-refractivity contribution in [3.8, 4) is 0 Å². The summed E-state index contributed by atoms with van der Waals surface area (Å²) in [6.45, 7) is 2.94. The van der Waals surface area contributed by atoms with Crippen molar-refractivity contribution in [2.24, 2.45) is 5.92 Å². The van der Waals surface area contributed by atoms with Crippen molar-refractivity contribution in [1.82, 2.24) is 5.32 Å². The number of halogens is 1. The highest BCUT2D eigenvalue weighted by molar-refractivity contribution is 6.17. The molecule has 0 bridgehead atoms. The van der Waals surface area contributed by atoms with E-state index in [1.54, 1.807) is 0 Å². The van der Waals surface area contributed by atoms with Crippen LogP contribution < -0.4 is 5.32 Å². The van der Waals surface area contributed by atoms with Crippen LogP contribution >= 0.6 is 11.6 Å². The summed E-state index contributed by atoms with van der Waals surface area (Å²) < 4.78 is 0. The second kappa shape index (κ2) is 10.7. The van der Waals surface area contributed by atoms with E-state index in [-0.39, 0.29) is 5.91 Å². The van der Waals surface area contributed by atoms with Crippen LogP contribution in [-0.4, -0.2) is 18.3 Å². The summed E-state index contributed by atoms with van der Waals surface area (Å²) in [5.41, 5.74) is 1.30. The van der Waals surface area contributed by atoms with Crippen LogP contribution in [0.4, 0.5) is 0 Å². The molecule has 0 saturated heterocycles. The Kier molecular flexibility index (Phi) is 9.14. The van der Waals surface area contributed by atoms with Gasteiger partial charge >= 0.3 is 0 Å². The smallest absolute Gasteiger partial charge is 0.220 e. The lowest BCUT2D eigenvalue weighted by atomic mass is 10.0.